The van der Waals surface area contributed by atoms with Crippen LogP contribution >= 0.6 is 0 Å². The summed E-state index contributed by atoms with van der Waals surface area (Å²) in [6.07, 6.45) is 0. The number of aromatic nitrogens is 4. The first-order valence-corrected chi connectivity index (χ1v) is 9.89. The first-order chi connectivity index (χ1) is 13.7. The number of hydrogen-bond acceptors (Lipinski definition) is 10. The SMILES string of the molecule is Cc1noc(CN2CCN(c3ccc(N4CCN(CCO)CC4)nn3)CC2)n1. The zero-order chi connectivity index (χ0) is 19.3. The lowest BCUT2D eigenvalue weighted by atomic mass is 10.3. The molecule has 2 fully saturated rings. The van der Waals surface area contributed by atoms with E-state index in [9.17, 15) is 0 Å². The molecule has 2 aromatic heterocycles. The fourth-order valence-corrected chi connectivity index (χ4v) is 3.73. The average molecular weight is 388 g/mol. The number of rotatable bonds is 6. The lowest BCUT2D eigenvalue weighted by Gasteiger charge is -2.36. The number of aliphatic hydroxyl groups excluding tert-OH is 1. The lowest BCUT2D eigenvalue weighted by Crippen LogP contribution is -2.47. The third kappa shape index (κ3) is 4.57. The van der Waals surface area contributed by atoms with Crippen LogP contribution in [0.15, 0.2) is 16.7 Å². The normalized spacial score (nSPS) is 19.4. The van der Waals surface area contributed by atoms with Gasteiger partial charge in [0.1, 0.15) is 0 Å². The number of aryl methyl sites for hydroxylation is 1. The van der Waals surface area contributed by atoms with Crippen molar-refractivity contribution in [3.8, 4) is 0 Å². The standard InChI is InChI=1S/C18H28N8O2/c1-15-19-18(28-22-15)14-24-6-10-26(11-7-24)17-3-2-16(20-21-17)25-8-4-23(5-9-25)12-13-27/h2-3,27H,4-14H2,1H3. The van der Waals surface area contributed by atoms with Crippen molar-refractivity contribution in [2.75, 3.05) is 75.3 Å². The molecule has 2 saturated heterocycles. The van der Waals surface area contributed by atoms with E-state index in [0.29, 0.717) is 18.3 Å². The van der Waals surface area contributed by atoms with E-state index in [1.54, 1.807) is 0 Å². The molecule has 4 heterocycles. The molecule has 0 bridgehead atoms. The maximum atomic E-state index is 9.05. The summed E-state index contributed by atoms with van der Waals surface area (Å²) in [5.74, 6) is 3.21. The van der Waals surface area contributed by atoms with Gasteiger partial charge in [0.25, 0.3) is 0 Å². The predicted molar refractivity (Wildman–Crippen MR) is 104 cm³/mol. The first kappa shape index (κ1) is 19.0. The van der Waals surface area contributed by atoms with Gasteiger partial charge in [-0.15, -0.1) is 10.2 Å². The number of nitrogens with zero attached hydrogens (tertiary/aromatic N) is 8. The smallest absolute Gasteiger partial charge is 0.240 e. The Morgan fingerprint density at radius 1 is 0.893 bits per heavy atom. The van der Waals surface area contributed by atoms with E-state index < -0.39 is 0 Å². The Kier molecular flexibility index (Phi) is 5.98. The first-order valence-electron chi connectivity index (χ1n) is 9.89. The van der Waals surface area contributed by atoms with E-state index in [0.717, 1.165) is 70.5 Å². The van der Waals surface area contributed by atoms with Gasteiger partial charge in [-0.3, -0.25) is 9.80 Å². The molecule has 0 spiro atoms. The van der Waals surface area contributed by atoms with E-state index in [1.807, 2.05) is 6.92 Å². The molecule has 0 saturated carbocycles. The van der Waals surface area contributed by atoms with Crippen LogP contribution in [0.2, 0.25) is 0 Å². The van der Waals surface area contributed by atoms with E-state index in [2.05, 4.69) is 52.1 Å². The van der Waals surface area contributed by atoms with Crippen LogP contribution in [0, 0.1) is 6.92 Å². The van der Waals surface area contributed by atoms with Gasteiger partial charge in [0.15, 0.2) is 17.5 Å². The van der Waals surface area contributed by atoms with Gasteiger partial charge >= 0.3 is 0 Å². The van der Waals surface area contributed by atoms with Crippen molar-refractivity contribution in [1.29, 1.82) is 0 Å². The molecule has 4 rings (SSSR count). The van der Waals surface area contributed by atoms with Crippen LogP contribution in [-0.4, -0.2) is 101 Å². The maximum absolute atomic E-state index is 9.05. The van der Waals surface area contributed by atoms with Gasteiger partial charge in [-0.25, -0.2) is 0 Å². The molecule has 0 amide bonds. The maximum Gasteiger partial charge on any atom is 0.240 e. The lowest BCUT2D eigenvalue weighted by molar-refractivity contribution is 0.188. The highest BCUT2D eigenvalue weighted by Crippen LogP contribution is 2.18. The molecule has 10 heteroatoms. The monoisotopic (exact) mass is 388 g/mol. The van der Waals surface area contributed by atoms with Crippen molar-refractivity contribution in [2.45, 2.75) is 13.5 Å². The molecule has 0 aliphatic carbocycles. The largest absolute Gasteiger partial charge is 0.395 e. The van der Waals surface area contributed by atoms with Crippen molar-refractivity contribution in [1.82, 2.24) is 30.1 Å². The zero-order valence-electron chi connectivity index (χ0n) is 16.4. The molecule has 0 unspecified atom stereocenters. The molecule has 0 radical (unpaired) electrons. The average Bonchev–Trinajstić information content (AvgIpc) is 3.14. The minimum Gasteiger partial charge on any atom is -0.395 e. The Bertz CT molecular complexity index is 736. The summed E-state index contributed by atoms with van der Waals surface area (Å²) < 4.78 is 5.21. The molecule has 2 aromatic rings. The number of β-amino-alcohol motifs (C(OH)–C–C–N with tert-alkyl or cyclic N) is 1. The molecule has 10 nitrogen and oxygen atoms in total. The van der Waals surface area contributed by atoms with Gasteiger partial charge in [-0.2, -0.15) is 4.98 Å². The van der Waals surface area contributed by atoms with Crippen molar-refractivity contribution in [2.24, 2.45) is 0 Å². The highest BCUT2D eigenvalue weighted by molar-refractivity contribution is 5.45. The second kappa shape index (κ2) is 8.80. The van der Waals surface area contributed by atoms with Crippen LogP contribution in [-0.2, 0) is 6.54 Å². The molecule has 1 N–H and O–H groups in total. The van der Waals surface area contributed by atoms with Crippen molar-refractivity contribution < 1.29 is 9.63 Å². The van der Waals surface area contributed by atoms with E-state index in [1.165, 1.54) is 0 Å². The van der Waals surface area contributed by atoms with Crippen LogP contribution in [0.25, 0.3) is 0 Å². The molecule has 0 aromatic carbocycles. The van der Waals surface area contributed by atoms with Crippen LogP contribution in [0.1, 0.15) is 11.7 Å². The highest BCUT2D eigenvalue weighted by atomic mass is 16.5. The molecule has 2 aliphatic heterocycles. The summed E-state index contributed by atoms with van der Waals surface area (Å²) in [5.41, 5.74) is 0. The topological polar surface area (TPSA) is 97.9 Å². The van der Waals surface area contributed by atoms with E-state index >= 15 is 0 Å². The van der Waals surface area contributed by atoms with Crippen molar-refractivity contribution in [3.63, 3.8) is 0 Å². The summed E-state index contributed by atoms with van der Waals surface area (Å²) in [6.45, 7) is 10.9. The molecule has 0 atom stereocenters. The molecule has 2 aliphatic rings. The fraction of sp³-hybridized carbons (Fsp3) is 0.667. The number of anilines is 2. The van der Waals surface area contributed by atoms with Crippen LogP contribution < -0.4 is 9.80 Å². The summed E-state index contributed by atoms with van der Waals surface area (Å²) in [4.78, 5) is 13.4. The second-order valence-corrected chi connectivity index (χ2v) is 7.30. The highest BCUT2D eigenvalue weighted by Gasteiger charge is 2.21. The Hall–Kier alpha value is -2.30. The predicted octanol–water partition coefficient (Wildman–Crippen LogP) is -0.395. The van der Waals surface area contributed by atoms with Gasteiger partial charge in [0, 0.05) is 58.9 Å². The quantitative estimate of drug-likeness (QED) is 0.704. The van der Waals surface area contributed by atoms with E-state index in [4.69, 9.17) is 9.63 Å². The Morgan fingerprint density at radius 3 is 1.93 bits per heavy atom. The van der Waals surface area contributed by atoms with Gasteiger partial charge < -0.3 is 19.4 Å². The van der Waals surface area contributed by atoms with Crippen LogP contribution in [0.4, 0.5) is 11.6 Å². The Balaban J connectivity index is 1.27. The summed E-state index contributed by atoms with van der Waals surface area (Å²) in [6, 6.07) is 4.14. The fourth-order valence-electron chi connectivity index (χ4n) is 3.73. The van der Waals surface area contributed by atoms with Crippen molar-refractivity contribution >= 4 is 11.6 Å². The summed E-state index contributed by atoms with van der Waals surface area (Å²) in [7, 11) is 0. The third-order valence-electron chi connectivity index (χ3n) is 5.37. The minimum absolute atomic E-state index is 0.219. The number of piperazine rings is 2. The van der Waals surface area contributed by atoms with Crippen LogP contribution in [0.3, 0.4) is 0 Å². The van der Waals surface area contributed by atoms with Gasteiger partial charge in [0.2, 0.25) is 5.89 Å². The minimum atomic E-state index is 0.219. The number of aliphatic hydroxyl groups is 1. The second-order valence-electron chi connectivity index (χ2n) is 7.30. The number of hydrogen-bond donors (Lipinski definition) is 1. The molecule has 152 valence electrons. The van der Waals surface area contributed by atoms with Gasteiger partial charge in [-0.1, -0.05) is 5.16 Å². The van der Waals surface area contributed by atoms with E-state index in [-0.39, 0.29) is 6.61 Å². The Morgan fingerprint density at radius 2 is 1.46 bits per heavy atom. The van der Waals surface area contributed by atoms with Crippen LogP contribution in [0.5, 0.6) is 0 Å². The van der Waals surface area contributed by atoms with Gasteiger partial charge in [-0.05, 0) is 19.1 Å². The van der Waals surface area contributed by atoms with Gasteiger partial charge in [0.05, 0.1) is 13.2 Å². The third-order valence-corrected chi connectivity index (χ3v) is 5.37. The zero-order valence-corrected chi connectivity index (χ0v) is 16.4. The summed E-state index contributed by atoms with van der Waals surface area (Å²) >= 11 is 0. The molecule has 28 heavy (non-hydrogen) atoms. The molecular formula is C18H28N8O2. The summed E-state index contributed by atoms with van der Waals surface area (Å²) in [5, 5.41) is 21.8. The molecular weight excluding hydrogens is 360 g/mol. The Labute approximate surface area is 164 Å². The van der Waals surface area contributed by atoms with Crippen molar-refractivity contribution in [3.05, 3.63) is 23.8 Å².